The normalized spacial score (nSPS) is 13.0. The fourth-order valence-corrected chi connectivity index (χ4v) is 3.97. The fourth-order valence-electron chi connectivity index (χ4n) is 3.63. The summed E-state index contributed by atoms with van der Waals surface area (Å²) in [5.74, 6) is -1.31. The van der Waals surface area contributed by atoms with Crippen LogP contribution in [-0.2, 0) is 45.3 Å². The molecule has 0 fully saturated rings. The van der Waals surface area contributed by atoms with Gasteiger partial charge in [-0.1, -0.05) is 43.0 Å². The van der Waals surface area contributed by atoms with E-state index in [1.165, 1.54) is 16.7 Å². The van der Waals surface area contributed by atoms with Gasteiger partial charge in [-0.05, 0) is 28.8 Å². The lowest BCUT2D eigenvalue weighted by Crippen LogP contribution is -2.35. The van der Waals surface area contributed by atoms with E-state index in [4.69, 9.17) is 13.7 Å². The summed E-state index contributed by atoms with van der Waals surface area (Å²) >= 11 is 0. The summed E-state index contributed by atoms with van der Waals surface area (Å²) in [7, 11) is -3.77. The molecule has 0 unspecified atom stereocenters. The third kappa shape index (κ3) is 6.40. The second-order valence-corrected chi connectivity index (χ2v) is 9.82. The lowest BCUT2D eigenvalue weighted by molar-refractivity contribution is 0.0938. The molecule has 3 aromatic rings. The highest BCUT2D eigenvalue weighted by atomic mass is 32.2. The lowest BCUT2D eigenvalue weighted by Gasteiger charge is -2.22. The number of aromatic nitrogens is 2. The topological polar surface area (TPSA) is 126 Å². The van der Waals surface area contributed by atoms with Crippen molar-refractivity contribution in [1.29, 1.82) is 0 Å². The molecule has 0 saturated carbocycles. The summed E-state index contributed by atoms with van der Waals surface area (Å²) in [6.45, 7) is 3.68. The van der Waals surface area contributed by atoms with Gasteiger partial charge in [0.2, 0.25) is 5.75 Å². The van der Waals surface area contributed by atoms with Gasteiger partial charge in [0.05, 0.1) is 19.4 Å². The fraction of sp³-hybridized carbons (Fsp3) is 0.240. The predicted octanol–water partition coefficient (Wildman–Crippen LogP) is 2.37. The molecule has 2 aromatic carbocycles. The van der Waals surface area contributed by atoms with Crippen LogP contribution in [0.15, 0.2) is 59.9 Å². The maximum atomic E-state index is 13.8. The Hall–Kier alpha value is -4.03. The predicted molar refractivity (Wildman–Crippen MR) is 131 cm³/mol. The van der Waals surface area contributed by atoms with Crippen LogP contribution in [0, 0.1) is 5.82 Å². The van der Waals surface area contributed by atoms with Gasteiger partial charge in [0.15, 0.2) is 17.3 Å². The van der Waals surface area contributed by atoms with E-state index >= 15 is 0 Å². The van der Waals surface area contributed by atoms with Crippen molar-refractivity contribution in [2.24, 2.45) is 0 Å². The number of hydrogen-bond acceptors (Lipinski definition) is 8. The van der Waals surface area contributed by atoms with E-state index in [9.17, 15) is 22.4 Å². The van der Waals surface area contributed by atoms with E-state index in [1.807, 2.05) is 30.3 Å². The molecule has 0 spiro atoms. The molecule has 1 aromatic heterocycles. The number of amides is 1. The van der Waals surface area contributed by atoms with Crippen LogP contribution in [0.25, 0.3) is 5.76 Å². The maximum absolute atomic E-state index is 13.8. The highest BCUT2D eigenvalue weighted by molar-refractivity contribution is 7.85. The van der Waals surface area contributed by atoms with E-state index in [-0.39, 0.29) is 54.9 Å². The number of carbonyl (C=O) groups is 1. The van der Waals surface area contributed by atoms with Crippen molar-refractivity contribution in [3.8, 4) is 5.75 Å². The quantitative estimate of drug-likeness (QED) is 0.419. The Kier molecular flexibility index (Phi) is 7.69. The van der Waals surface area contributed by atoms with Gasteiger partial charge in [0.1, 0.15) is 19.0 Å². The van der Waals surface area contributed by atoms with E-state index in [2.05, 4.69) is 16.9 Å². The molecular formula is C25H24FN3O7S. The van der Waals surface area contributed by atoms with Crippen LogP contribution in [0.1, 0.15) is 33.0 Å². The number of halogens is 1. The Labute approximate surface area is 212 Å². The Bertz CT molecular complexity index is 1500. The van der Waals surface area contributed by atoms with Gasteiger partial charge in [-0.2, -0.15) is 8.42 Å². The minimum Gasteiger partial charge on any atom is -0.488 e. The van der Waals surface area contributed by atoms with Crippen molar-refractivity contribution in [3.05, 3.63) is 99.5 Å². The Morgan fingerprint density at radius 2 is 1.95 bits per heavy atom. The first-order valence-electron chi connectivity index (χ1n) is 11.2. The zero-order valence-corrected chi connectivity index (χ0v) is 20.7. The van der Waals surface area contributed by atoms with E-state index in [1.54, 1.807) is 0 Å². The number of fused-ring (bicyclic) bond motifs is 1. The summed E-state index contributed by atoms with van der Waals surface area (Å²) in [6.07, 6.45) is 0.878. The van der Waals surface area contributed by atoms with Gasteiger partial charge in [-0.15, -0.1) is 0 Å². The zero-order valence-electron chi connectivity index (χ0n) is 19.9. The van der Waals surface area contributed by atoms with Crippen LogP contribution in [-0.4, -0.2) is 36.7 Å². The number of ether oxygens (including phenoxy) is 2. The van der Waals surface area contributed by atoms with Crippen LogP contribution in [0.3, 0.4) is 0 Å². The lowest BCUT2D eigenvalue weighted by atomic mass is 10.1. The first-order chi connectivity index (χ1) is 17.6. The molecule has 2 heterocycles. The minimum atomic E-state index is -3.77. The van der Waals surface area contributed by atoms with Crippen molar-refractivity contribution in [2.45, 2.75) is 26.3 Å². The van der Waals surface area contributed by atoms with E-state index < -0.39 is 34.0 Å². The molecule has 0 atom stereocenters. The van der Waals surface area contributed by atoms with Gasteiger partial charge < -0.3 is 14.8 Å². The van der Waals surface area contributed by atoms with E-state index in [0.29, 0.717) is 5.56 Å². The van der Waals surface area contributed by atoms with Crippen molar-refractivity contribution in [3.63, 3.8) is 0 Å². The molecule has 1 N–H and O–H groups in total. The van der Waals surface area contributed by atoms with Gasteiger partial charge in [-0.3, -0.25) is 18.3 Å². The minimum absolute atomic E-state index is 0.0276. The summed E-state index contributed by atoms with van der Waals surface area (Å²) in [5, 5.41) is 2.63. The first-order valence-corrected chi connectivity index (χ1v) is 13.0. The Morgan fingerprint density at radius 3 is 2.68 bits per heavy atom. The molecule has 0 radical (unpaired) electrons. The highest BCUT2D eigenvalue weighted by Crippen LogP contribution is 2.21. The first kappa shape index (κ1) is 26.0. The summed E-state index contributed by atoms with van der Waals surface area (Å²) in [6, 6.07) is 12.8. The molecule has 194 valence electrons. The van der Waals surface area contributed by atoms with Crippen molar-refractivity contribution in [2.75, 3.05) is 12.9 Å². The molecule has 10 nitrogen and oxygen atoms in total. The standard InChI is InChI=1S/C25H24FN3O7S/c1-16-23-28-21(22(25(31)29(23)10-11-34-16)35-14-17-6-4-3-5-7-17)24(30)27-13-18-8-9-20(26)12-19(18)15-36-37(2,32)33/h3-9,12H,1,10-11,13-15H2,2H3,(H,27,30). The monoisotopic (exact) mass is 529 g/mol. The number of rotatable bonds is 9. The molecule has 1 aliphatic rings. The van der Waals surface area contributed by atoms with Crippen molar-refractivity contribution >= 4 is 21.8 Å². The number of hydrogen-bond donors (Lipinski definition) is 1. The van der Waals surface area contributed by atoms with Crippen LogP contribution < -0.4 is 15.6 Å². The number of benzene rings is 2. The van der Waals surface area contributed by atoms with Gasteiger partial charge >= 0.3 is 0 Å². The SMILES string of the molecule is C=C1OCCn2c1nc(C(=O)NCc1ccc(F)cc1COS(C)(=O)=O)c(OCc1ccccc1)c2=O. The van der Waals surface area contributed by atoms with Crippen molar-refractivity contribution in [1.82, 2.24) is 14.9 Å². The molecule has 37 heavy (non-hydrogen) atoms. The average Bonchev–Trinajstić information content (AvgIpc) is 2.86. The Balaban J connectivity index is 1.62. The molecule has 12 heteroatoms. The molecular weight excluding hydrogens is 505 g/mol. The number of carbonyl (C=O) groups excluding carboxylic acids is 1. The molecule has 0 saturated heterocycles. The molecule has 1 aliphatic heterocycles. The number of nitrogens with one attached hydrogen (secondary N) is 1. The zero-order chi connectivity index (χ0) is 26.6. The molecule has 0 bridgehead atoms. The van der Waals surface area contributed by atoms with Crippen LogP contribution in [0.5, 0.6) is 5.75 Å². The summed E-state index contributed by atoms with van der Waals surface area (Å²) in [5.41, 5.74) is 0.596. The Morgan fingerprint density at radius 1 is 1.19 bits per heavy atom. The van der Waals surface area contributed by atoms with E-state index in [0.717, 1.165) is 17.9 Å². The maximum Gasteiger partial charge on any atom is 0.297 e. The second-order valence-electron chi connectivity index (χ2n) is 8.18. The molecule has 0 aliphatic carbocycles. The largest absolute Gasteiger partial charge is 0.488 e. The highest BCUT2D eigenvalue weighted by Gasteiger charge is 2.27. The summed E-state index contributed by atoms with van der Waals surface area (Å²) < 4.78 is 53.8. The van der Waals surface area contributed by atoms with Crippen molar-refractivity contribution < 1.29 is 31.3 Å². The molecule has 1 amide bonds. The molecule has 4 rings (SSSR count). The van der Waals surface area contributed by atoms with Crippen LogP contribution in [0.2, 0.25) is 0 Å². The second kappa shape index (κ2) is 10.9. The third-order valence-electron chi connectivity index (χ3n) is 5.45. The van der Waals surface area contributed by atoms with Gasteiger partial charge in [0, 0.05) is 6.54 Å². The third-order valence-corrected chi connectivity index (χ3v) is 5.99. The smallest absolute Gasteiger partial charge is 0.297 e. The number of nitrogens with zero attached hydrogens (tertiary/aromatic N) is 2. The summed E-state index contributed by atoms with van der Waals surface area (Å²) in [4.78, 5) is 30.8. The average molecular weight is 530 g/mol. The van der Waals surface area contributed by atoms with Gasteiger partial charge in [-0.25, -0.2) is 9.37 Å². The van der Waals surface area contributed by atoms with Gasteiger partial charge in [0.25, 0.3) is 21.6 Å². The van der Waals surface area contributed by atoms with Crippen LogP contribution in [0.4, 0.5) is 4.39 Å². The van der Waals surface area contributed by atoms with Crippen LogP contribution >= 0.6 is 0 Å².